The Kier molecular flexibility index (Phi) is 1.83. The van der Waals surface area contributed by atoms with Crippen LogP contribution in [-0.4, -0.2) is 29.9 Å². The third kappa shape index (κ3) is 1.07. The Bertz CT molecular complexity index is 169. The van der Waals surface area contributed by atoms with Crippen LogP contribution in [0, 0.1) is 0 Å². The van der Waals surface area contributed by atoms with Crippen molar-refractivity contribution in [2.24, 2.45) is 5.84 Å². The van der Waals surface area contributed by atoms with Crippen LogP contribution >= 0.6 is 0 Å². The van der Waals surface area contributed by atoms with Gasteiger partial charge in [-0.05, 0) is 0 Å². The van der Waals surface area contributed by atoms with Crippen LogP contribution in [0.3, 0.4) is 0 Å². The zero-order valence-electron chi connectivity index (χ0n) is 5.26. The van der Waals surface area contributed by atoms with Gasteiger partial charge >= 0.3 is 11.8 Å². The van der Waals surface area contributed by atoms with Crippen molar-refractivity contribution in [3.63, 3.8) is 0 Å². The smallest absolute Gasteiger partial charge is 0.327 e. The average molecular weight is 144 g/mol. The number of piperazine rings is 1. The van der Waals surface area contributed by atoms with Gasteiger partial charge < -0.3 is 5.32 Å². The van der Waals surface area contributed by atoms with E-state index in [1.807, 2.05) is 0 Å². The molecule has 10 heavy (non-hydrogen) atoms. The number of hydrogen-bond donors (Lipinski definition) is 3. The number of hydrogen-bond acceptors (Lipinski definition) is 4. The summed E-state index contributed by atoms with van der Waals surface area (Å²) in [7, 11) is 0. The lowest BCUT2D eigenvalue weighted by Crippen LogP contribution is -2.59. The molecule has 56 valence electrons. The Hall–Kier alpha value is -1.14. The Morgan fingerprint density at radius 2 is 2.30 bits per heavy atom. The molecule has 2 amide bonds. The average Bonchev–Trinajstić information content (AvgIpc) is 1.95. The molecule has 6 heteroatoms. The summed E-state index contributed by atoms with van der Waals surface area (Å²) < 4.78 is 0. The van der Waals surface area contributed by atoms with Gasteiger partial charge in [-0.15, -0.1) is 0 Å². The number of nitrogens with two attached hydrogens (primary N) is 1. The molecule has 6 nitrogen and oxygen atoms in total. The quantitative estimate of drug-likeness (QED) is 0.213. The first-order chi connectivity index (χ1) is 4.75. The Morgan fingerprint density at radius 1 is 1.60 bits per heavy atom. The van der Waals surface area contributed by atoms with Gasteiger partial charge in [0.05, 0.1) is 6.54 Å². The summed E-state index contributed by atoms with van der Waals surface area (Å²) in [6.45, 7) is 0.843. The Labute approximate surface area is 57.3 Å². The lowest BCUT2D eigenvalue weighted by atomic mass is 10.4. The maximum absolute atomic E-state index is 10.7. The Morgan fingerprint density at radius 3 is 2.80 bits per heavy atom. The van der Waals surface area contributed by atoms with Gasteiger partial charge in [-0.2, -0.15) is 5.53 Å². The maximum atomic E-state index is 10.7. The van der Waals surface area contributed by atoms with Gasteiger partial charge in [0.15, 0.2) is 0 Å². The molecule has 1 heterocycles. The van der Waals surface area contributed by atoms with Crippen molar-refractivity contribution in [3.8, 4) is 0 Å². The molecule has 0 aromatic rings. The minimum Gasteiger partial charge on any atom is -0.346 e. The maximum Gasteiger partial charge on any atom is 0.327 e. The van der Waals surface area contributed by atoms with Gasteiger partial charge in [-0.1, -0.05) is 0 Å². The SMILES string of the molecule is NNN1CCNC(=O)C1=O. The van der Waals surface area contributed by atoms with E-state index in [-0.39, 0.29) is 0 Å². The number of rotatable bonds is 1. The standard InChI is InChI=1S/C4H8N4O2/c5-7-8-2-1-6-3(9)4(8)10/h7H,1-2,5H2,(H,6,9). The van der Waals surface area contributed by atoms with Crippen molar-refractivity contribution in [1.29, 1.82) is 0 Å². The summed E-state index contributed by atoms with van der Waals surface area (Å²) in [5.41, 5.74) is 2.11. The molecule has 1 saturated heterocycles. The molecular weight excluding hydrogens is 136 g/mol. The van der Waals surface area contributed by atoms with E-state index in [1.54, 1.807) is 0 Å². The van der Waals surface area contributed by atoms with Gasteiger partial charge in [-0.25, -0.2) is 0 Å². The first-order valence-corrected chi connectivity index (χ1v) is 2.81. The van der Waals surface area contributed by atoms with Gasteiger partial charge in [0, 0.05) is 6.54 Å². The topological polar surface area (TPSA) is 87.5 Å². The second-order valence-electron chi connectivity index (χ2n) is 1.84. The van der Waals surface area contributed by atoms with Crippen molar-refractivity contribution < 1.29 is 9.59 Å². The van der Waals surface area contributed by atoms with Crippen LogP contribution in [0.4, 0.5) is 0 Å². The highest BCUT2D eigenvalue weighted by Crippen LogP contribution is 1.87. The normalized spacial score (nSPS) is 19.1. The molecule has 1 aliphatic rings. The predicted octanol–water partition coefficient (Wildman–Crippen LogP) is -2.68. The molecule has 0 saturated carbocycles. The lowest BCUT2D eigenvalue weighted by molar-refractivity contribution is -0.150. The number of carbonyl (C=O) groups excluding carboxylic acids is 2. The summed E-state index contributed by atoms with van der Waals surface area (Å²) >= 11 is 0. The first-order valence-electron chi connectivity index (χ1n) is 2.81. The lowest BCUT2D eigenvalue weighted by Gasteiger charge is -2.24. The monoisotopic (exact) mass is 144 g/mol. The fraction of sp³-hybridized carbons (Fsp3) is 0.500. The van der Waals surface area contributed by atoms with Crippen LogP contribution in [-0.2, 0) is 9.59 Å². The molecule has 1 aliphatic heterocycles. The van der Waals surface area contributed by atoms with E-state index in [1.165, 1.54) is 0 Å². The second kappa shape index (κ2) is 2.63. The van der Waals surface area contributed by atoms with Crippen molar-refractivity contribution in [2.75, 3.05) is 13.1 Å². The van der Waals surface area contributed by atoms with Crippen molar-refractivity contribution >= 4 is 11.8 Å². The van der Waals surface area contributed by atoms with E-state index < -0.39 is 11.8 Å². The molecule has 0 aliphatic carbocycles. The number of nitrogens with zero attached hydrogens (tertiary/aromatic N) is 1. The minimum absolute atomic E-state index is 0.404. The van der Waals surface area contributed by atoms with E-state index in [4.69, 9.17) is 5.84 Å². The van der Waals surface area contributed by atoms with E-state index in [0.29, 0.717) is 13.1 Å². The van der Waals surface area contributed by atoms with E-state index in [2.05, 4.69) is 10.9 Å². The van der Waals surface area contributed by atoms with Gasteiger partial charge in [-0.3, -0.25) is 20.4 Å². The van der Waals surface area contributed by atoms with E-state index >= 15 is 0 Å². The number of carbonyl (C=O) groups is 2. The molecule has 4 N–H and O–H groups in total. The molecule has 0 atom stereocenters. The highest BCUT2D eigenvalue weighted by molar-refractivity contribution is 6.35. The Balaban J connectivity index is 2.60. The van der Waals surface area contributed by atoms with Crippen LogP contribution in [0.2, 0.25) is 0 Å². The summed E-state index contributed by atoms with van der Waals surface area (Å²) in [6.07, 6.45) is 0. The van der Waals surface area contributed by atoms with E-state index in [9.17, 15) is 9.59 Å². The summed E-state index contributed by atoms with van der Waals surface area (Å²) in [5.74, 6) is 3.67. The van der Waals surface area contributed by atoms with Crippen molar-refractivity contribution in [3.05, 3.63) is 0 Å². The molecule has 1 rings (SSSR count). The highest BCUT2D eigenvalue weighted by atomic mass is 16.2. The minimum atomic E-state index is -0.645. The zero-order chi connectivity index (χ0) is 7.56. The summed E-state index contributed by atoms with van der Waals surface area (Å²) in [5, 5.41) is 3.42. The van der Waals surface area contributed by atoms with Crippen LogP contribution in [0.15, 0.2) is 0 Å². The van der Waals surface area contributed by atoms with Gasteiger partial charge in [0.2, 0.25) is 0 Å². The van der Waals surface area contributed by atoms with Crippen LogP contribution in [0.25, 0.3) is 0 Å². The van der Waals surface area contributed by atoms with Crippen LogP contribution in [0.1, 0.15) is 0 Å². The third-order valence-corrected chi connectivity index (χ3v) is 1.22. The number of amides is 2. The molecule has 0 radical (unpaired) electrons. The largest absolute Gasteiger partial charge is 0.346 e. The summed E-state index contributed by atoms with van der Waals surface area (Å²) in [4.78, 5) is 21.3. The zero-order valence-corrected chi connectivity index (χ0v) is 5.26. The summed E-state index contributed by atoms with van der Waals surface area (Å²) in [6, 6.07) is 0. The fourth-order valence-corrected chi connectivity index (χ4v) is 0.704. The molecule has 0 aromatic carbocycles. The second-order valence-corrected chi connectivity index (χ2v) is 1.84. The van der Waals surface area contributed by atoms with Crippen molar-refractivity contribution in [1.82, 2.24) is 15.9 Å². The third-order valence-electron chi connectivity index (χ3n) is 1.22. The number of nitrogens with one attached hydrogen (secondary N) is 2. The van der Waals surface area contributed by atoms with Crippen LogP contribution < -0.4 is 16.7 Å². The van der Waals surface area contributed by atoms with Gasteiger partial charge in [0.1, 0.15) is 0 Å². The molecule has 1 fully saturated rings. The van der Waals surface area contributed by atoms with Gasteiger partial charge in [0.25, 0.3) is 0 Å². The fourth-order valence-electron chi connectivity index (χ4n) is 0.704. The van der Waals surface area contributed by atoms with Crippen molar-refractivity contribution in [2.45, 2.75) is 0 Å². The van der Waals surface area contributed by atoms with Crippen LogP contribution in [0.5, 0.6) is 0 Å². The number of hydrazine groups is 2. The molecular formula is C4H8N4O2. The molecule has 0 spiro atoms. The molecule has 0 unspecified atom stereocenters. The highest BCUT2D eigenvalue weighted by Gasteiger charge is 2.24. The first kappa shape index (κ1) is 6.97. The van der Waals surface area contributed by atoms with E-state index in [0.717, 1.165) is 5.01 Å². The predicted molar refractivity (Wildman–Crippen MR) is 32.0 cm³/mol. The molecule has 0 aromatic heterocycles. The molecule has 0 bridgehead atoms.